The summed E-state index contributed by atoms with van der Waals surface area (Å²) in [6, 6.07) is 22.4. The molecule has 0 saturated heterocycles. The minimum absolute atomic E-state index is 0.117. The van der Waals surface area contributed by atoms with Crippen LogP contribution in [0, 0.1) is 17.0 Å². The summed E-state index contributed by atoms with van der Waals surface area (Å²) in [5.41, 5.74) is 1.88. The lowest BCUT2D eigenvalue weighted by atomic mass is 10.2. The Morgan fingerprint density at radius 2 is 1.50 bits per heavy atom. The summed E-state index contributed by atoms with van der Waals surface area (Å²) in [4.78, 5) is 49.1. The van der Waals surface area contributed by atoms with Crippen LogP contribution in [-0.4, -0.2) is 29.3 Å². The molecule has 1 N–H and O–H groups in total. The first kappa shape index (κ1) is 24.1. The number of hydrogen-bond acceptors (Lipinski definition) is 6. The van der Waals surface area contributed by atoms with Crippen LogP contribution in [0.1, 0.15) is 18.4 Å². The van der Waals surface area contributed by atoms with Crippen molar-refractivity contribution in [3.05, 3.63) is 94.5 Å². The maximum Gasteiger partial charge on any atom is 0.306 e. The molecular weight excluding hydrogens is 438 g/mol. The zero-order valence-corrected chi connectivity index (χ0v) is 18.5. The third kappa shape index (κ3) is 6.49. The van der Waals surface area contributed by atoms with Crippen molar-refractivity contribution in [2.45, 2.75) is 19.8 Å². The second kappa shape index (κ2) is 11.4. The van der Waals surface area contributed by atoms with Gasteiger partial charge in [-0.1, -0.05) is 42.5 Å². The van der Waals surface area contributed by atoms with Gasteiger partial charge in [0.1, 0.15) is 0 Å². The average molecular weight is 461 g/mol. The molecule has 3 aromatic carbocycles. The molecule has 3 rings (SSSR count). The van der Waals surface area contributed by atoms with Crippen LogP contribution in [0.5, 0.6) is 0 Å². The number of anilines is 3. The third-order valence-corrected chi connectivity index (χ3v) is 4.88. The predicted octanol–water partition coefficient (Wildman–Crippen LogP) is 4.53. The molecule has 0 saturated carbocycles. The maximum absolute atomic E-state index is 12.9. The van der Waals surface area contributed by atoms with Gasteiger partial charge in [0, 0.05) is 35.1 Å². The molecule has 174 valence electrons. The first-order valence-electron chi connectivity index (χ1n) is 10.5. The Labute approximate surface area is 196 Å². The molecule has 0 aliphatic rings. The number of nitro benzene ring substituents is 1. The molecule has 0 spiro atoms. The van der Waals surface area contributed by atoms with Crippen LogP contribution in [0.4, 0.5) is 22.7 Å². The average Bonchev–Trinajstić information content (AvgIpc) is 2.84. The zero-order chi connectivity index (χ0) is 24.5. The smallest absolute Gasteiger partial charge is 0.306 e. The summed E-state index contributed by atoms with van der Waals surface area (Å²) in [6.45, 7) is 1.01. The molecule has 9 nitrogen and oxygen atoms in total. The summed E-state index contributed by atoms with van der Waals surface area (Å²) < 4.78 is 4.96. The number of amides is 2. The van der Waals surface area contributed by atoms with Crippen molar-refractivity contribution in [1.29, 1.82) is 0 Å². The number of nitrogens with zero attached hydrogens (tertiary/aromatic N) is 2. The fraction of sp³-hybridized carbons (Fsp3) is 0.160. The van der Waals surface area contributed by atoms with E-state index in [1.54, 1.807) is 31.2 Å². The molecule has 0 unspecified atom stereocenters. The number of carbonyl (C=O) groups is 3. The number of rotatable bonds is 9. The van der Waals surface area contributed by atoms with Gasteiger partial charge in [-0.2, -0.15) is 0 Å². The van der Waals surface area contributed by atoms with Gasteiger partial charge in [-0.05, 0) is 37.3 Å². The van der Waals surface area contributed by atoms with E-state index in [-0.39, 0.29) is 30.1 Å². The van der Waals surface area contributed by atoms with Crippen molar-refractivity contribution >= 4 is 40.5 Å². The molecule has 0 aliphatic carbocycles. The molecule has 0 radical (unpaired) electrons. The van der Waals surface area contributed by atoms with E-state index in [9.17, 15) is 24.5 Å². The van der Waals surface area contributed by atoms with Gasteiger partial charge in [-0.15, -0.1) is 0 Å². The first-order chi connectivity index (χ1) is 16.3. The van der Waals surface area contributed by atoms with Gasteiger partial charge >= 0.3 is 5.97 Å². The number of carbonyl (C=O) groups excluding carboxylic acids is 3. The molecule has 3 aromatic rings. The second-order valence-electron chi connectivity index (χ2n) is 7.37. The number of nitrogens with one attached hydrogen (secondary N) is 1. The van der Waals surface area contributed by atoms with Crippen LogP contribution in [0.25, 0.3) is 0 Å². The van der Waals surface area contributed by atoms with Crippen molar-refractivity contribution < 1.29 is 24.0 Å². The van der Waals surface area contributed by atoms with Crippen LogP contribution in [0.2, 0.25) is 0 Å². The van der Waals surface area contributed by atoms with Crippen LogP contribution >= 0.6 is 0 Å². The summed E-state index contributed by atoms with van der Waals surface area (Å²) >= 11 is 0. The van der Waals surface area contributed by atoms with Gasteiger partial charge in [0.15, 0.2) is 6.61 Å². The molecule has 0 bridgehead atoms. The lowest BCUT2D eigenvalue weighted by Gasteiger charge is -2.23. The van der Waals surface area contributed by atoms with E-state index in [4.69, 9.17) is 4.74 Å². The summed E-state index contributed by atoms with van der Waals surface area (Å²) in [7, 11) is 0. The van der Waals surface area contributed by atoms with Gasteiger partial charge in [-0.3, -0.25) is 29.4 Å². The number of esters is 1. The standard InChI is InChI=1S/C25H23N3O6/c1-18-12-13-19(16-22(18)28(32)33)26-23(29)17-34-25(31)15-14-24(30)27(20-8-4-2-5-9-20)21-10-6-3-7-11-21/h2-13,16H,14-15,17H2,1H3,(H,26,29). The summed E-state index contributed by atoms with van der Waals surface area (Å²) in [6.07, 6.45) is -0.327. The van der Waals surface area contributed by atoms with Crippen LogP contribution in [-0.2, 0) is 19.1 Å². The molecule has 0 heterocycles. The lowest BCUT2D eigenvalue weighted by Crippen LogP contribution is -2.27. The Morgan fingerprint density at radius 1 is 0.912 bits per heavy atom. The molecule has 0 fully saturated rings. The SMILES string of the molecule is Cc1ccc(NC(=O)COC(=O)CCC(=O)N(c2ccccc2)c2ccccc2)cc1[N+](=O)[O-]. The fourth-order valence-electron chi connectivity index (χ4n) is 3.21. The largest absolute Gasteiger partial charge is 0.456 e. The van der Waals surface area contributed by atoms with E-state index in [0.29, 0.717) is 16.9 Å². The molecule has 0 atom stereocenters. The van der Waals surface area contributed by atoms with Gasteiger partial charge in [0.2, 0.25) is 5.91 Å². The van der Waals surface area contributed by atoms with E-state index >= 15 is 0 Å². The van der Waals surface area contributed by atoms with Crippen molar-refractivity contribution in [3.63, 3.8) is 0 Å². The van der Waals surface area contributed by atoms with Gasteiger partial charge in [0.05, 0.1) is 11.3 Å². The topological polar surface area (TPSA) is 119 Å². The fourth-order valence-corrected chi connectivity index (χ4v) is 3.21. The number of hydrogen-bond donors (Lipinski definition) is 1. The third-order valence-electron chi connectivity index (χ3n) is 4.88. The molecular formula is C25H23N3O6. The number of para-hydroxylation sites is 2. The Hall–Kier alpha value is -4.53. The molecule has 9 heteroatoms. The van der Waals surface area contributed by atoms with E-state index in [2.05, 4.69) is 5.32 Å². The van der Waals surface area contributed by atoms with Crippen LogP contribution < -0.4 is 10.2 Å². The molecule has 0 aromatic heterocycles. The van der Waals surface area contributed by atoms with Crippen LogP contribution in [0.3, 0.4) is 0 Å². The normalized spacial score (nSPS) is 10.3. The van der Waals surface area contributed by atoms with Gasteiger partial charge in [-0.25, -0.2) is 0 Å². The van der Waals surface area contributed by atoms with Crippen molar-refractivity contribution in [2.24, 2.45) is 0 Å². The van der Waals surface area contributed by atoms with Crippen molar-refractivity contribution in [1.82, 2.24) is 0 Å². The first-order valence-corrected chi connectivity index (χ1v) is 10.5. The second-order valence-corrected chi connectivity index (χ2v) is 7.37. The molecule has 34 heavy (non-hydrogen) atoms. The zero-order valence-electron chi connectivity index (χ0n) is 18.5. The lowest BCUT2D eigenvalue weighted by molar-refractivity contribution is -0.385. The maximum atomic E-state index is 12.9. The highest BCUT2D eigenvalue weighted by molar-refractivity contribution is 6.01. The Morgan fingerprint density at radius 3 is 2.06 bits per heavy atom. The van der Waals surface area contributed by atoms with E-state index < -0.39 is 23.4 Å². The van der Waals surface area contributed by atoms with Crippen molar-refractivity contribution in [3.8, 4) is 0 Å². The minimum Gasteiger partial charge on any atom is -0.456 e. The number of benzene rings is 3. The Bertz CT molecular complexity index is 1140. The van der Waals surface area contributed by atoms with Crippen LogP contribution in [0.15, 0.2) is 78.9 Å². The number of ether oxygens (including phenoxy) is 1. The van der Waals surface area contributed by atoms with Gasteiger partial charge in [0.25, 0.3) is 11.6 Å². The summed E-state index contributed by atoms with van der Waals surface area (Å²) in [5.74, 6) is -1.65. The number of aryl methyl sites for hydroxylation is 1. The van der Waals surface area contributed by atoms with Crippen molar-refractivity contribution in [2.75, 3.05) is 16.8 Å². The Balaban J connectivity index is 1.54. The van der Waals surface area contributed by atoms with E-state index in [1.165, 1.54) is 23.1 Å². The highest BCUT2D eigenvalue weighted by atomic mass is 16.6. The molecule has 2 amide bonds. The summed E-state index contributed by atoms with van der Waals surface area (Å²) in [5, 5.41) is 13.5. The quantitative estimate of drug-likeness (QED) is 0.284. The van der Waals surface area contributed by atoms with E-state index in [1.807, 2.05) is 36.4 Å². The highest BCUT2D eigenvalue weighted by Crippen LogP contribution is 2.26. The highest BCUT2D eigenvalue weighted by Gasteiger charge is 2.20. The van der Waals surface area contributed by atoms with E-state index in [0.717, 1.165) is 0 Å². The molecule has 0 aliphatic heterocycles. The minimum atomic E-state index is -0.709. The Kier molecular flexibility index (Phi) is 8.07. The predicted molar refractivity (Wildman–Crippen MR) is 127 cm³/mol. The van der Waals surface area contributed by atoms with Gasteiger partial charge < -0.3 is 10.1 Å². The number of nitro groups is 1. The monoisotopic (exact) mass is 461 g/mol.